The molecule has 2 aromatic heterocycles. The van der Waals surface area contributed by atoms with Crippen LogP contribution in [0.15, 0.2) is 59.8 Å². The summed E-state index contributed by atoms with van der Waals surface area (Å²) >= 11 is 7.57. The summed E-state index contributed by atoms with van der Waals surface area (Å²) in [6, 6.07) is 16.1. The van der Waals surface area contributed by atoms with Crippen LogP contribution >= 0.6 is 23.4 Å². The van der Waals surface area contributed by atoms with Crippen molar-refractivity contribution in [3.05, 3.63) is 65.4 Å². The van der Waals surface area contributed by atoms with E-state index in [1.54, 1.807) is 18.0 Å². The van der Waals surface area contributed by atoms with E-state index < -0.39 is 0 Å². The van der Waals surface area contributed by atoms with E-state index >= 15 is 0 Å². The Morgan fingerprint density at radius 1 is 1.05 bits per heavy atom. The summed E-state index contributed by atoms with van der Waals surface area (Å²) in [5, 5.41) is 2.72. The van der Waals surface area contributed by atoms with Gasteiger partial charge in [0.25, 0.3) is 0 Å². The molecule has 0 saturated heterocycles. The number of fused-ring (bicyclic) bond motifs is 1. The minimum absolute atomic E-state index is 0.532. The Kier molecular flexibility index (Phi) is 3.67. The van der Waals surface area contributed by atoms with E-state index in [0.717, 1.165) is 21.9 Å². The van der Waals surface area contributed by atoms with E-state index in [9.17, 15) is 0 Å². The minimum atomic E-state index is 0.532. The van der Waals surface area contributed by atoms with Crippen LogP contribution in [0.25, 0.3) is 10.9 Å². The molecule has 4 heteroatoms. The Labute approximate surface area is 120 Å². The topological polar surface area (TPSA) is 25.8 Å². The maximum Gasteiger partial charge on any atom is 0.129 e. The minimum Gasteiger partial charge on any atom is -0.245 e. The van der Waals surface area contributed by atoms with E-state index in [1.165, 1.54) is 5.39 Å². The number of halogens is 1. The van der Waals surface area contributed by atoms with Gasteiger partial charge >= 0.3 is 0 Å². The summed E-state index contributed by atoms with van der Waals surface area (Å²) in [5.74, 6) is 0.841. The lowest BCUT2D eigenvalue weighted by Gasteiger charge is -2.03. The van der Waals surface area contributed by atoms with Crippen LogP contribution in [-0.4, -0.2) is 9.97 Å². The molecule has 2 heterocycles. The van der Waals surface area contributed by atoms with E-state index in [2.05, 4.69) is 28.2 Å². The summed E-state index contributed by atoms with van der Waals surface area (Å²) in [6.45, 7) is 0. The molecule has 0 aliphatic rings. The summed E-state index contributed by atoms with van der Waals surface area (Å²) in [5.41, 5.74) is 2.18. The maximum absolute atomic E-state index is 5.87. The van der Waals surface area contributed by atoms with Crippen LogP contribution in [-0.2, 0) is 5.75 Å². The molecule has 0 N–H and O–H groups in total. The number of pyridine rings is 2. The van der Waals surface area contributed by atoms with Gasteiger partial charge in [-0.25, -0.2) is 9.97 Å². The second kappa shape index (κ2) is 5.59. The van der Waals surface area contributed by atoms with Gasteiger partial charge in [-0.1, -0.05) is 35.9 Å². The lowest BCUT2D eigenvalue weighted by molar-refractivity contribution is 1.18. The molecule has 0 saturated carbocycles. The second-order valence-electron chi connectivity index (χ2n) is 4.12. The molecule has 3 rings (SSSR count). The largest absolute Gasteiger partial charge is 0.245 e. The number of aromatic nitrogens is 2. The van der Waals surface area contributed by atoms with Gasteiger partial charge in [-0.15, -0.1) is 11.8 Å². The Balaban J connectivity index is 1.78. The number of benzene rings is 1. The predicted octanol–water partition coefficient (Wildman–Crippen LogP) is 4.58. The first kappa shape index (κ1) is 12.5. The van der Waals surface area contributed by atoms with Crippen molar-refractivity contribution in [2.75, 3.05) is 0 Å². The van der Waals surface area contributed by atoms with Crippen molar-refractivity contribution in [3.63, 3.8) is 0 Å². The smallest absolute Gasteiger partial charge is 0.129 e. The fraction of sp³-hybridized carbons (Fsp3) is 0.0667. The Bertz CT molecular complexity index is 715. The van der Waals surface area contributed by atoms with E-state index in [0.29, 0.717) is 5.15 Å². The zero-order chi connectivity index (χ0) is 13.1. The zero-order valence-electron chi connectivity index (χ0n) is 10.1. The van der Waals surface area contributed by atoms with Crippen LogP contribution in [0.1, 0.15) is 5.56 Å². The van der Waals surface area contributed by atoms with Crippen LogP contribution in [0.3, 0.4) is 0 Å². The molecule has 0 radical (unpaired) electrons. The van der Waals surface area contributed by atoms with E-state index in [4.69, 9.17) is 11.6 Å². The van der Waals surface area contributed by atoms with Gasteiger partial charge in [0.2, 0.25) is 0 Å². The Morgan fingerprint density at radius 3 is 2.84 bits per heavy atom. The van der Waals surface area contributed by atoms with E-state index in [-0.39, 0.29) is 0 Å². The molecule has 94 valence electrons. The van der Waals surface area contributed by atoms with Crippen molar-refractivity contribution in [2.45, 2.75) is 10.8 Å². The Morgan fingerprint density at radius 2 is 1.95 bits per heavy atom. The number of rotatable bonds is 3. The first-order chi connectivity index (χ1) is 9.31. The number of thioether (sulfide) groups is 1. The molecular formula is C15H11ClN2S. The molecule has 0 aliphatic carbocycles. The van der Waals surface area contributed by atoms with Gasteiger partial charge in [0.15, 0.2) is 0 Å². The molecule has 2 nitrogen and oxygen atoms in total. The van der Waals surface area contributed by atoms with Gasteiger partial charge in [-0.3, -0.25) is 0 Å². The van der Waals surface area contributed by atoms with Crippen LogP contribution < -0.4 is 0 Å². The lowest BCUT2D eigenvalue weighted by Crippen LogP contribution is -1.85. The summed E-state index contributed by atoms with van der Waals surface area (Å²) in [6.07, 6.45) is 1.73. The summed E-state index contributed by atoms with van der Waals surface area (Å²) in [7, 11) is 0. The molecule has 0 amide bonds. The highest BCUT2D eigenvalue weighted by Crippen LogP contribution is 2.24. The normalized spacial score (nSPS) is 10.8. The molecule has 0 bridgehead atoms. The molecule has 0 fully saturated rings. The van der Waals surface area contributed by atoms with Crippen molar-refractivity contribution in [1.29, 1.82) is 0 Å². The molecule has 19 heavy (non-hydrogen) atoms. The highest BCUT2D eigenvalue weighted by Gasteiger charge is 2.01. The SMILES string of the molecule is Clc1cc(CSc2ccc3ccccc3n2)ccn1. The molecule has 0 aliphatic heterocycles. The number of hydrogen-bond acceptors (Lipinski definition) is 3. The van der Waals surface area contributed by atoms with Crippen LogP contribution in [0.2, 0.25) is 5.15 Å². The molecule has 0 unspecified atom stereocenters. The van der Waals surface area contributed by atoms with E-state index in [1.807, 2.05) is 30.3 Å². The van der Waals surface area contributed by atoms with Crippen molar-refractivity contribution >= 4 is 34.3 Å². The van der Waals surface area contributed by atoms with Gasteiger partial charge in [-0.05, 0) is 29.8 Å². The third-order valence-electron chi connectivity index (χ3n) is 2.75. The van der Waals surface area contributed by atoms with Gasteiger partial charge in [0, 0.05) is 17.3 Å². The first-order valence-electron chi connectivity index (χ1n) is 5.90. The summed E-state index contributed by atoms with van der Waals surface area (Å²) in [4.78, 5) is 8.60. The van der Waals surface area contributed by atoms with Gasteiger partial charge in [0.05, 0.1) is 10.5 Å². The summed E-state index contributed by atoms with van der Waals surface area (Å²) < 4.78 is 0. The number of hydrogen-bond donors (Lipinski definition) is 0. The van der Waals surface area contributed by atoms with Crippen LogP contribution in [0, 0.1) is 0 Å². The Hall–Kier alpha value is -1.58. The number of nitrogens with zero attached hydrogens (tertiary/aromatic N) is 2. The van der Waals surface area contributed by atoms with Gasteiger partial charge in [0.1, 0.15) is 5.15 Å². The third-order valence-corrected chi connectivity index (χ3v) is 3.96. The standard InChI is InChI=1S/C15H11ClN2S/c16-14-9-11(7-8-17-14)10-19-15-6-5-12-3-1-2-4-13(12)18-15/h1-9H,10H2. The molecule has 1 aromatic carbocycles. The highest BCUT2D eigenvalue weighted by molar-refractivity contribution is 7.98. The molecule has 0 spiro atoms. The maximum atomic E-state index is 5.87. The fourth-order valence-corrected chi connectivity index (χ4v) is 2.84. The molecule has 3 aromatic rings. The number of para-hydroxylation sites is 1. The molecule has 0 atom stereocenters. The first-order valence-corrected chi connectivity index (χ1v) is 7.27. The zero-order valence-corrected chi connectivity index (χ0v) is 11.7. The van der Waals surface area contributed by atoms with Gasteiger partial charge < -0.3 is 0 Å². The molecular weight excluding hydrogens is 276 g/mol. The average molecular weight is 287 g/mol. The van der Waals surface area contributed by atoms with Crippen molar-refractivity contribution < 1.29 is 0 Å². The van der Waals surface area contributed by atoms with Crippen molar-refractivity contribution in [3.8, 4) is 0 Å². The highest BCUT2D eigenvalue weighted by atomic mass is 35.5. The average Bonchev–Trinajstić information content (AvgIpc) is 2.45. The van der Waals surface area contributed by atoms with Crippen molar-refractivity contribution in [1.82, 2.24) is 9.97 Å². The third kappa shape index (κ3) is 3.06. The van der Waals surface area contributed by atoms with Crippen LogP contribution in [0.4, 0.5) is 0 Å². The predicted molar refractivity (Wildman–Crippen MR) is 80.6 cm³/mol. The fourth-order valence-electron chi connectivity index (χ4n) is 1.82. The second-order valence-corrected chi connectivity index (χ2v) is 5.50. The monoisotopic (exact) mass is 286 g/mol. The van der Waals surface area contributed by atoms with Gasteiger partial charge in [-0.2, -0.15) is 0 Å². The lowest BCUT2D eigenvalue weighted by atomic mass is 10.2. The van der Waals surface area contributed by atoms with Crippen LogP contribution in [0.5, 0.6) is 0 Å². The quantitative estimate of drug-likeness (QED) is 0.521. The van der Waals surface area contributed by atoms with Crippen molar-refractivity contribution in [2.24, 2.45) is 0 Å².